The van der Waals surface area contributed by atoms with Crippen LogP contribution in [0.15, 0.2) is 28.4 Å². The van der Waals surface area contributed by atoms with Gasteiger partial charge < -0.3 is 4.98 Å². The summed E-state index contributed by atoms with van der Waals surface area (Å²) in [6, 6.07) is 3.12. The molecule has 3 rings (SSSR count). The van der Waals surface area contributed by atoms with Gasteiger partial charge in [0, 0.05) is 16.5 Å². The van der Waals surface area contributed by atoms with E-state index in [1.807, 2.05) is 0 Å². The Labute approximate surface area is 120 Å². The van der Waals surface area contributed by atoms with Gasteiger partial charge in [0.2, 0.25) is 0 Å². The quantitative estimate of drug-likeness (QED) is 0.734. The van der Waals surface area contributed by atoms with E-state index in [0.717, 1.165) is 18.2 Å². The maximum absolute atomic E-state index is 13.8. The van der Waals surface area contributed by atoms with E-state index in [9.17, 15) is 13.6 Å². The number of hydrogen-bond donors (Lipinski definition) is 1. The van der Waals surface area contributed by atoms with Crippen molar-refractivity contribution in [1.82, 2.24) is 9.97 Å². The van der Waals surface area contributed by atoms with Crippen LogP contribution in [-0.2, 0) is 5.88 Å². The van der Waals surface area contributed by atoms with E-state index in [1.165, 1.54) is 11.3 Å². The zero-order valence-electron chi connectivity index (χ0n) is 9.91. The molecule has 0 aliphatic carbocycles. The van der Waals surface area contributed by atoms with E-state index >= 15 is 0 Å². The van der Waals surface area contributed by atoms with E-state index < -0.39 is 17.2 Å². The van der Waals surface area contributed by atoms with Gasteiger partial charge >= 0.3 is 0 Å². The highest BCUT2D eigenvalue weighted by molar-refractivity contribution is 7.17. The third-order valence-corrected chi connectivity index (χ3v) is 3.96. The Morgan fingerprint density at radius 1 is 1.30 bits per heavy atom. The molecule has 1 N–H and O–H groups in total. The van der Waals surface area contributed by atoms with Crippen molar-refractivity contribution in [3.8, 4) is 11.1 Å². The van der Waals surface area contributed by atoms with E-state index in [4.69, 9.17) is 11.6 Å². The average molecular weight is 313 g/mol. The number of rotatable bonds is 2. The van der Waals surface area contributed by atoms with Crippen LogP contribution in [0.4, 0.5) is 8.78 Å². The van der Waals surface area contributed by atoms with Crippen molar-refractivity contribution in [1.29, 1.82) is 0 Å². The lowest BCUT2D eigenvalue weighted by atomic mass is 10.1. The number of H-pyrrole nitrogens is 1. The number of thiophene rings is 1. The molecule has 3 nitrogen and oxygen atoms in total. The summed E-state index contributed by atoms with van der Waals surface area (Å²) >= 11 is 6.82. The van der Waals surface area contributed by atoms with Gasteiger partial charge in [0.05, 0.1) is 11.3 Å². The molecule has 0 spiro atoms. The molecule has 20 heavy (non-hydrogen) atoms. The van der Waals surface area contributed by atoms with Crippen LogP contribution in [-0.4, -0.2) is 9.97 Å². The number of halogens is 3. The van der Waals surface area contributed by atoms with Crippen molar-refractivity contribution in [3.63, 3.8) is 0 Å². The third kappa shape index (κ3) is 2.10. The van der Waals surface area contributed by atoms with Crippen LogP contribution in [0, 0.1) is 11.6 Å². The van der Waals surface area contributed by atoms with E-state index in [-0.39, 0.29) is 16.8 Å². The first-order valence-corrected chi connectivity index (χ1v) is 7.03. The second-order valence-electron chi connectivity index (χ2n) is 4.10. The molecule has 0 bridgehead atoms. The van der Waals surface area contributed by atoms with Crippen LogP contribution in [0.1, 0.15) is 5.82 Å². The molecule has 0 saturated carbocycles. The summed E-state index contributed by atoms with van der Waals surface area (Å²) in [4.78, 5) is 19.2. The first-order chi connectivity index (χ1) is 9.60. The number of alkyl halides is 1. The van der Waals surface area contributed by atoms with Gasteiger partial charge in [0.15, 0.2) is 0 Å². The van der Waals surface area contributed by atoms with Crippen LogP contribution in [0.2, 0.25) is 0 Å². The van der Waals surface area contributed by atoms with Crippen molar-refractivity contribution in [2.45, 2.75) is 5.88 Å². The van der Waals surface area contributed by atoms with Crippen LogP contribution >= 0.6 is 22.9 Å². The predicted octanol–water partition coefficient (Wildman–Crippen LogP) is 3.67. The van der Waals surface area contributed by atoms with Gasteiger partial charge in [0.25, 0.3) is 5.56 Å². The fraction of sp³-hybridized carbons (Fsp3) is 0.0769. The first kappa shape index (κ1) is 13.2. The number of fused-ring (bicyclic) bond motifs is 1. The normalized spacial score (nSPS) is 11.2. The summed E-state index contributed by atoms with van der Waals surface area (Å²) in [7, 11) is 0. The monoisotopic (exact) mass is 312 g/mol. The molecular formula is C13H7ClF2N2OS. The highest BCUT2D eigenvalue weighted by Gasteiger charge is 2.16. The topological polar surface area (TPSA) is 45.8 Å². The van der Waals surface area contributed by atoms with Gasteiger partial charge in [-0.15, -0.1) is 22.9 Å². The molecule has 3 aromatic rings. The first-order valence-electron chi connectivity index (χ1n) is 5.62. The predicted molar refractivity (Wildman–Crippen MR) is 75.1 cm³/mol. The Hall–Kier alpha value is -1.79. The molecule has 1 aromatic carbocycles. The zero-order chi connectivity index (χ0) is 14.3. The molecule has 0 aliphatic rings. The number of hydrogen-bond acceptors (Lipinski definition) is 3. The van der Waals surface area contributed by atoms with Gasteiger partial charge in [-0.25, -0.2) is 13.8 Å². The minimum absolute atomic E-state index is 0.0437. The van der Waals surface area contributed by atoms with E-state index in [1.54, 1.807) is 5.38 Å². The lowest BCUT2D eigenvalue weighted by Crippen LogP contribution is -2.10. The molecule has 0 fully saturated rings. The van der Waals surface area contributed by atoms with Crippen molar-refractivity contribution in [3.05, 3.63) is 51.4 Å². The average Bonchev–Trinajstić information content (AvgIpc) is 2.85. The highest BCUT2D eigenvalue weighted by Crippen LogP contribution is 2.32. The minimum atomic E-state index is -0.591. The third-order valence-electron chi connectivity index (χ3n) is 2.84. The second-order valence-corrected chi connectivity index (χ2v) is 5.23. The van der Waals surface area contributed by atoms with Crippen LogP contribution in [0.5, 0.6) is 0 Å². The fourth-order valence-corrected chi connectivity index (χ4v) is 3.04. The Morgan fingerprint density at radius 3 is 2.85 bits per heavy atom. The van der Waals surface area contributed by atoms with E-state index in [0.29, 0.717) is 16.2 Å². The molecule has 2 heterocycles. The molecule has 0 saturated heterocycles. The maximum atomic E-state index is 13.8. The lowest BCUT2D eigenvalue weighted by Gasteiger charge is -2.02. The maximum Gasteiger partial charge on any atom is 0.260 e. The molecule has 0 aliphatic heterocycles. The Morgan fingerprint density at radius 2 is 2.10 bits per heavy atom. The summed E-state index contributed by atoms with van der Waals surface area (Å²) in [5, 5.41) is 1.83. The standard InChI is InChI=1S/C13H7ClF2N2OS/c14-4-10-17-12(19)11-8(5-20-13(11)18-10)7-3-6(15)1-2-9(7)16/h1-3,5H,4H2,(H,17,18,19). The Bertz CT molecular complexity index is 859. The number of aromatic amines is 1. The van der Waals surface area contributed by atoms with Crippen molar-refractivity contribution >= 4 is 33.2 Å². The van der Waals surface area contributed by atoms with Crippen molar-refractivity contribution in [2.75, 3.05) is 0 Å². The zero-order valence-corrected chi connectivity index (χ0v) is 11.5. The van der Waals surface area contributed by atoms with Crippen LogP contribution in [0.25, 0.3) is 21.3 Å². The molecule has 2 aromatic heterocycles. The summed E-state index contributed by atoms with van der Waals surface area (Å²) in [5.74, 6) is -0.737. The highest BCUT2D eigenvalue weighted by atomic mass is 35.5. The second kappa shape index (κ2) is 4.96. The molecule has 0 unspecified atom stereocenters. The molecule has 102 valence electrons. The Kier molecular flexibility index (Phi) is 3.27. The summed E-state index contributed by atoms with van der Waals surface area (Å²) in [6.07, 6.45) is 0. The number of aromatic nitrogens is 2. The molecule has 0 radical (unpaired) electrons. The summed E-state index contributed by atoms with van der Waals surface area (Å²) in [6.45, 7) is 0. The number of nitrogens with one attached hydrogen (secondary N) is 1. The van der Waals surface area contributed by atoms with Gasteiger partial charge in [-0.2, -0.15) is 0 Å². The van der Waals surface area contributed by atoms with Gasteiger partial charge in [-0.1, -0.05) is 0 Å². The van der Waals surface area contributed by atoms with Gasteiger partial charge in [-0.3, -0.25) is 4.79 Å². The fourth-order valence-electron chi connectivity index (χ4n) is 1.96. The van der Waals surface area contributed by atoms with Gasteiger partial charge in [-0.05, 0) is 18.2 Å². The number of nitrogens with zero attached hydrogens (tertiary/aromatic N) is 1. The van der Waals surface area contributed by atoms with Crippen molar-refractivity contribution in [2.24, 2.45) is 0 Å². The summed E-state index contributed by atoms with van der Waals surface area (Å²) in [5.41, 5.74) is -0.0374. The Balaban J connectivity index is 2.33. The molecule has 0 atom stereocenters. The van der Waals surface area contributed by atoms with Crippen LogP contribution in [0.3, 0.4) is 0 Å². The largest absolute Gasteiger partial charge is 0.309 e. The van der Waals surface area contributed by atoms with Crippen LogP contribution < -0.4 is 5.56 Å². The SMILES string of the molecule is O=c1[nH]c(CCl)nc2scc(-c3cc(F)ccc3F)c12. The number of benzene rings is 1. The lowest BCUT2D eigenvalue weighted by molar-refractivity contribution is 0.603. The molecule has 7 heteroatoms. The minimum Gasteiger partial charge on any atom is -0.309 e. The summed E-state index contributed by atoms with van der Waals surface area (Å²) < 4.78 is 27.1. The van der Waals surface area contributed by atoms with Gasteiger partial charge in [0.1, 0.15) is 22.3 Å². The molecule has 0 amide bonds. The smallest absolute Gasteiger partial charge is 0.260 e. The van der Waals surface area contributed by atoms with Crippen molar-refractivity contribution < 1.29 is 8.78 Å². The molecular weight excluding hydrogens is 306 g/mol. The van der Waals surface area contributed by atoms with E-state index in [2.05, 4.69) is 9.97 Å².